The van der Waals surface area contributed by atoms with Gasteiger partial charge in [-0.15, -0.1) is 0 Å². The Morgan fingerprint density at radius 3 is 2.67 bits per heavy atom. The zero-order valence-corrected chi connectivity index (χ0v) is 6.24. The van der Waals surface area contributed by atoms with Crippen LogP contribution in [0.5, 0.6) is 0 Å². The first-order valence-electron chi connectivity index (χ1n) is 3.53. The van der Waals surface area contributed by atoms with Crippen molar-refractivity contribution in [2.45, 2.75) is 25.3 Å². The molecule has 1 fully saturated rings. The third-order valence-electron chi connectivity index (χ3n) is 2.04. The summed E-state index contributed by atoms with van der Waals surface area (Å²) in [6.07, 6.45) is 2.43. The molecule has 1 N–H and O–H groups in total. The lowest BCUT2D eigenvalue weighted by atomic mass is 9.95. The van der Waals surface area contributed by atoms with Crippen LogP contribution in [-0.2, 0) is 4.74 Å². The van der Waals surface area contributed by atoms with Crippen LogP contribution in [0.1, 0.15) is 19.8 Å². The molecule has 1 unspecified atom stereocenters. The summed E-state index contributed by atoms with van der Waals surface area (Å²) in [6, 6.07) is 0. The first kappa shape index (κ1) is 7.03. The zero-order valence-electron chi connectivity index (χ0n) is 6.24. The fraction of sp³-hybridized carbons (Fsp3) is 1.00. The Labute approximate surface area is 56.6 Å². The normalized spacial score (nSPS) is 36.7. The fourth-order valence-corrected chi connectivity index (χ4v) is 1.13. The SMILES string of the molecule is CNC1(C)CCCOC1. The zero-order chi connectivity index (χ0) is 6.74. The van der Waals surface area contributed by atoms with E-state index >= 15 is 0 Å². The highest BCUT2D eigenvalue weighted by molar-refractivity contribution is 4.83. The maximum atomic E-state index is 5.31. The standard InChI is InChI=1S/C7H15NO/c1-7(8-2)4-3-5-9-6-7/h8H,3-6H2,1-2H3. The highest BCUT2D eigenvalue weighted by Crippen LogP contribution is 2.16. The molecule has 1 aliphatic rings. The molecule has 1 heterocycles. The average Bonchev–Trinajstić information content (AvgIpc) is 1.90. The molecule has 0 spiro atoms. The smallest absolute Gasteiger partial charge is 0.0645 e. The van der Waals surface area contributed by atoms with Crippen LogP contribution in [0, 0.1) is 0 Å². The largest absolute Gasteiger partial charge is 0.380 e. The molecule has 2 nitrogen and oxygen atoms in total. The molecule has 1 saturated heterocycles. The van der Waals surface area contributed by atoms with Gasteiger partial charge in [-0.05, 0) is 26.8 Å². The van der Waals surface area contributed by atoms with Crippen molar-refractivity contribution < 1.29 is 4.74 Å². The molecule has 54 valence electrons. The Bertz CT molecular complexity index is 86.9. The van der Waals surface area contributed by atoms with Gasteiger partial charge in [-0.3, -0.25) is 0 Å². The van der Waals surface area contributed by atoms with Crippen molar-refractivity contribution in [2.24, 2.45) is 0 Å². The summed E-state index contributed by atoms with van der Waals surface area (Å²) in [4.78, 5) is 0. The van der Waals surface area contributed by atoms with Crippen molar-refractivity contribution in [2.75, 3.05) is 20.3 Å². The highest BCUT2D eigenvalue weighted by atomic mass is 16.5. The van der Waals surface area contributed by atoms with E-state index in [4.69, 9.17) is 4.74 Å². The van der Waals surface area contributed by atoms with Gasteiger partial charge in [0.25, 0.3) is 0 Å². The van der Waals surface area contributed by atoms with Crippen LogP contribution in [0.4, 0.5) is 0 Å². The van der Waals surface area contributed by atoms with Gasteiger partial charge in [0.05, 0.1) is 6.61 Å². The lowest BCUT2D eigenvalue weighted by Crippen LogP contribution is -2.46. The summed E-state index contributed by atoms with van der Waals surface area (Å²) < 4.78 is 5.31. The Balaban J connectivity index is 2.37. The van der Waals surface area contributed by atoms with Crippen LogP contribution in [0.15, 0.2) is 0 Å². The number of nitrogens with one attached hydrogen (secondary N) is 1. The second-order valence-corrected chi connectivity index (χ2v) is 2.97. The molecule has 0 aromatic heterocycles. The highest BCUT2D eigenvalue weighted by Gasteiger charge is 2.24. The maximum absolute atomic E-state index is 5.31. The second-order valence-electron chi connectivity index (χ2n) is 2.97. The molecule has 0 amide bonds. The molecule has 1 atom stereocenters. The minimum atomic E-state index is 0.248. The molecule has 0 aromatic rings. The van der Waals surface area contributed by atoms with E-state index in [0.717, 1.165) is 13.2 Å². The number of hydrogen-bond acceptors (Lipinski definition) is 2. The van der Waals surface area contributed by atoms with Crippen molar-refractivity contribution >= 4 is 0 Å². The van der Waals surface area contributed by atoms with Crippen molar-refractivity contribution in [1.82, 2.24) is 5.32 Å². The molecular weight excluding hydrogens is 114 g/mol. The molecule has 0 saturated carbocycles. The number of hydrogen-bond donors (Lipinski definition) is 1. The van der Waals surface area contributed by atoms with Gasteiger partial charge >= 0.3 is 0 Å². The minimum Gasteiger partial charge on any atom is -0.380 e. The molecule has 0 aromatic carbocycles. The van der Waals surface area contributed by atoms with E-state index in [2.05, 4.69) is 12.2 Å². The van der Waals surface area contributed by atoms with E-state index in [1.54, 1.807) is 0 Å². The number of ether oxygens (including phenoxy) is 1. The first-order chi connectivity index (χ1) is 4.27. The summed E-state index contributed by atoms with van der Waals surface area (Å²) in [5, 5.41) is 3.26. The van der Waals surface area contributed by atoms with Crippen molar-refractivity contribution in [3.05, 3.63) is 0 Å². The lowest BCUT2D eigenvalue weighted by Gasteiger charge is -2.32. The maximum Gasteiger partial charge on any atom is 0.0645 e. The van der Waals surface area contributed by atoms with E-state index < -0.39 is 0 Å². The fourth-order valence-electron chi connectivity index (χ4n) is 1.13. The Kier molecular flexibility index (Phi) is 2.09. The van der Waals surface area contributed by atoms with Gasteiger partial charge in [-0.2, -0.15) is 0 Å². The quantitative estimate of drug-likeness (QED) is 0.564. The van der Waals surface area contributed by atoms with Crippen molar-refractivity contribution in [3.8, 4) is 0 Å². The molecule has 2 heteroatoms. The Hall–Kier alpha value is -0.0800. The van der Waals surface area contributed by atoms with E-state index in [-0.39, 0.29) is 5.54 Å². The number of rotatable bonds is 1. The van der Waals surface area contributed by atoms with Gasteiger partial charge in [-0.25, -0.2) is 0 Å². The lowest BCUT2D eigenvalue weighted by molar-refractivity contribution is 0.0321. The summed E-state index contributed by atoms with van der Waals surface area (Å²) in [5.74, 6) is 0. The first-order valence-corrected chi connectivity index (χ1v) is 3.53. The van der Waals surface area contributed by atoms with Crippen molar-refractivity contribution in [3.63, 3.8) is 0 Å². The summed E-state index contributed by atoms with van der Waals surface area (Å²) >= 11 is 0. The van der Waals surface area contributed by atoms with Crippen LogP contribution in [0.3, 0.4) is 0 Å². The predicted molar refractivity (Wildman–Crippen MR) is 37.5 cm³/mol. The summed E-state index contributed by atoms with van der Waals surface area (Å²) in [5.41, 5.74) is 0.248. The van der Waals surface area contributed by atoms with Crippen LogP contribution < -0.4 is 5.32 Å². The second kappa shape index (κ2) is 2.67. The minimum absolute atomic E-state index is 0.248. The third-order valence-corrected chi connectivity index (χ3v) is 2.04. The van der Waals surface area contributed by atoms with Crippen LogP contribution in [0.25, 0.3) is 0 Å². The van der Waals surface area contributed by atoms with Crippen LogP contribution >= 0.6 is 0 Å². The number of likely N-dealkylation sites (N-methyl/N-ethyl adjacent to an activating group) is 1. The molecule has 0 aliphatic carbocycles. The van der Waals surface area contributed by atoms with Gasteiger partial charge < -0.3 is 10.1 Å². The predicted octanol–water partition coefficient (Wildman–Crippen LogP) is 0.775. The van der Waals surface area contributed by atoms with Gasteiger partial charge in [-0.1, -0.05) is 0 Å². The monoisotopic (exact) mass is 129 g/mol. The Morgan fingerprint density at radius 2 is 2.33 bits per heavy atom. The van der Waals surface area contributed by atoms with Gasteiger partial charge in [0.2, 0.25) is 0 Å². The van der Waals surface area contributed by atoms with E-state index in [9.17, 15) is 0 Å². The van der Waals surface area contributed by atoms with E-state index in [0.29, 0.717) is 0 Å². The molecule has 0 radical (unpaired) electrons. The van der Waals surface area contributed by atoms with Gasteiger partial charge in [0.1, 0.15) is 0 Å². The topological polar surface area (TPSA) is 21.3 Å². The average molecular weight is 129 g/mol. The molecule has 1 rings (SSSR count). The van der Waals surface area contributed by atoms with Crippen LogP contribution in [0.2, 0.25) is 0 Å². The van der Waals surface area contributed by atoms with E-state index in [1.807, 2.05) is 7.05 Å². The molecule has 9 heavy (non-hydrogen) atoms. The van der Waals surface area contributed by atoms with Gasteiger partial charge in [0, 0.05) is 12.1 Å². The van der Waals surface area contributed by atoms with Gasteiger partial charge in [0.15, 0.2) is 0 Å². The summed E-state index contributed by atoms with van der Waals surface area (Å²) in [7, 11) is 1.99. The Morgan fingerprint density at radius 1 is 1.56 bits per heavy atom. The van der Waals surface area contributed by atoms with Crippen LogP contribution in [-0.4, -0.2) is 25.8 Å². The molecular formula is C7H15NO. The third kappa shape index (κ3) is 1.66. The molecule has 1 aliphatic heterocycles. The van der Waals surface area contributed by atoms with E-state index in [1.165, 1.54) is 12.8 Å². The molecule has 0 bridgehead atoms. The van der Waals surface area contributed by atoms with Crippen molar-refractivity contribution in [1.29, 1.82) is 0 Å². The summed E-state index contributed by atoms with van der Waals surface area (Å²) in [6.45, 7) is 4.01.